The van der Waals surface area contributed by atoms with Crippen LogP contribution in [0.4, 0.5) is 4.39 Å². The summed E-state index contributed by atoms with van der Waals surface area (Å²) in [4.78, 5) is 11.8. The highest BCUT2D eigenvalue weighted by atomic mass is 19.1. The minimum Gasteiger partial charge on any atom is -0.348 e. The van der Waals surface area contributed by atoms with Gasteiger partial charge in [-0.15, -0.1) is 0 Å². The van der Waals surface area contributed by atoms with E-state index in [9.17, 15) is 14.4 Å². The van der Waals surface area contributed by atoms with Gasteiger partial charge < -0.3 is 5.32 Å². The number of aryl methyl sites for hydroxylation is 1. The van der Waals surface area contributed by atoms with Crippen molar-refractivity contribution < 1.29 is 19.1 Å². The first-order valence-electron chi connectivity index (χ1n) is 5.80. The molecule has 1 heterocycles. The maximum absolute atomic E-state index is 12.7. The number of rotatable bonds is 3. The van der Waals surface area contributed by atoms with Crippen LogP contribution in [0.15, 0.2) is 42.6 Å². The molecule has 2 rings (SSSR count). The molecule has 2 aromatic rings. The highest BCUT2D eigenvalue weighted by molar-refractivity contribution is 5.93. The van der Waals surface area contributed by atoms with Crippen LogP contribution >= 0.6 is 0 Å². The molecule has 0 saturated heterocycles. The van der Waals surface area contributed by atoms with Crippen LogP contribution in [0.2, 0.25) is 0 Å². The molecule has 0 atom stereocenters. The molecule has 0 fully saturated rings. The van der Waals surface area contributed by atoms with Crippen molar-refractivity contribution in [2.75, 3.05) is 0 Å². The number of hydrogen-bond donors (Lipinski definition) is 2. The van der Waals surface area contributed by atoms with Gasteiger partial charge in [-0.25, -0.2) is 4.39 Å². The number of nitrogens with zero attached hydrogens (tertiary/aromatic N) is 1. The van der Waals surface area contributed by atoms with E-state index in [2.05, 4.69) is 5.32 Å². The monoisotopic (exact) mass is 261 g/mol. The van der Waals surface area contributed by atoms with Gasteiger partial charge in [0.15, 0.2) is 0 Å². The smallest absolute Gasteiger partial charge is 0.257 e. The summed E-state index contributed by atoms with van der Waals surface area (Å²) in [5.41, 5.74) is 1.80. The first-order chi connectivity index (χ1) is 9.06. The van der Waals surface area contributed by atoms with Crippen LogP contribution in [0.3, 0.4) is 0 Å². The molecular weight excluding hydrogens is 247 g/mol. The van der Waals surface area contributed by atoms with E-state index in [1.807, 2.05) is 0 Å². The van der Waals surface area contributed by atoms with Crippen LogP contribution in [0.5, 0.6) is 0 Å². The van der Waals surface area contributed by atoms with Crippen LogP contribution < -0.4 is 10.0 Å². The molecule has 19 heavy (non-hydrogen) atoms. The SMILES string of the molecule is Cc1ccc(C(=O)NCc2ccc(F)cc2)c[n+]1O. The number of halogens is 1. The first-order valence-corrected chi connectivity index (χ1v) is 5.80. The van der Waals surface area contributed by atoms with E-state index in [-0.39, 0.29) is 11.7 Å². The summed E-state index contributed by atoms with van der Waals surface area (Å²) in [6, 6.07) is 9.17. The number of aromatic nitrogens is 1. The van der Waals surface area contributed by atoms with Gasteiger partial charge in [0.05, 0.1) is 0 Å². The van der Waals surface area contributed by atoms with E-state index in [4.69, 9.17) is 0 Å². The van der Waals surface area contributed by atoms with Gasteiger partial charge in [-0.2, -0.15) is 0 Å². The third kappa shape index (κ3) is 3.28. The Kier molecular flexibility index (Phi) is 3.75. The molecule has 1 amide bonds. The maximum Gasteiger partial charge on any atom is 0.257 e. The molecule has 0 aliphatic heterocycles. The fraction of sp³-hybridized carbons (Fsp3) is 0.143. The maximum atomic E-state index is 12.7. The Hall–Kier alpha value is -2.43. The Labute approximate surface area is 110 Å². The van der Waals surface area contributed by atoms with E-state index in [1.165, 1.54) is 18.3 Å². The molecule has 98 valence electrons. The molecule has 0 aliphatic carbocycles. The normalized spacial score (nSPS) is 10.2. The minimum atomic E-state index is -0.310. The molecule has 1 aromatic heterocycles. The van der Waals surface area contributed by atoms with Gasteiger partial charge >= 0.3 is 0 Å². The van der Waals surface area contributed by atoms with Gasteiger partial charge in [-0.1, -0.05) is 12.1 Å². The average Bonchev–Trinajstić information content (AvgIpc) is 2.41. The van der Waals surface area contributed by atoms with Gasteiger partial charge in [0.25, 0.3) is 5.91 Å². The highest BCUT2D eigenvalue weighted by Gasteiger charge is 2.12. The van der Waals surface area contributed by atoms with E-state index in [1.54, 1.807) is 31.2 Å². The molecule has 0 saturated carbocycles. The largest absolute Gasteiger partial charge is 0.348 e. The number of nitrogens with one attached hydrogen (secondary N) is 1. The van der Waals surface area contributed by atoms with E-state index >= 15 is 0 Å². The van der Waals surface area contributed by atoms with Crippen molar-refractivity contribution >= 4 is 5.91 Å². The summed E-state index contributed by atoms with van der Waals surface area (Å²) in [6.45, 7) is 2.03. The molecule has 5 heteroatoms. The number of carbonyl (C=O) groups excluding carboxylic acids is 1. The van der Waals surface area contributed by atoms with Crippen LogP contribution in [-0.4, -0.2) is 11.1 Å². The summed E-state index contributed by atoms with van der Waals surface area (Å²) in [7, 11) is 0. The average molecular weight is 261 g/mol. The Balaban J connectivity index is 2.01. The third-order valence-electron chi connectivity index (χ3n) is 2.76. The number of pyridine rings is 1. The molecule has 0 bridgehead atoms. The molecule has 0 aliphatic rings. The van der Waals surface area contributed by atoms with Crippen molar-refractivity contribution in [3.8, 4) is 0 Å². The molecule has 2 N–H and O–H groups in total. The summed E-state index contributed by atoms with van der Waals surface area (Å²) >= 11 is 0. The second-order valence-electron chi connectivity index (χ2n) is 4.21. The Bertz CT molecular complexity index is 597. The number of hydrogen-bond acceptors (Lipinski definition) is 2. The zero-order valence-electron chi connectivity index (χ0n) is 10.4. The fourth-order valence-corrected chi connectivity index (χ4v) is 1.58. The summed E-state index contributed by atoms with van der Waals surface area (Å²) < 4.78 is 13.6. The zero-order valence-corrected chi connectivity index (χ0v) is 10.4. The van der Waals surface area contributed by atoms with Crippen molar-refractivity contribution in [2.45, 2.75) is 13.5 Å². The molecule has 0 radical (unpaired) electrons. The van der Waals surface area contributed by atoms with Crippen LogP contribution in [0.25, 0.3) is 0 Å². The predicted molar refractivity (Wildman–Crippen MR) is 66.1 cm³/mol. The standard InChI is InChI=1S/C14H13FN2O2/c1-10-2-5-12(9-17(10)19)14(18)16-8-11-3-6-13(15)7-4-11/h2-7,9H,8H2,1H3,(H-,16,18,19)/p+1. The van der Waals surface area contributed by atoms with Gasteiger partial charge in [-0.3, -0.25) is 10.0 Å². The van der Waals surface area contributed by atoms with Crippen molar-refractivity contribution in [3.05, 3.63) is 65.2 Å². The molecule has 0 spiro atoms. The summed E-state index contributed by atoms with van der Waals surface area (Å²) in [6.07, 6.45) is 1.34. The van der Waals surface area contributed by atoms with Gasteiger partial charge in [-0.05, 0) is 23.8 Å². The quantitative estimate of drug-likeness (QED) is 0.651. The third-order valence-corrected chi connectivity index (χ3v) is 2.76. The predicted octanol–water partition coefficient (Wildman–Crippen LogP) is 1.59. The lowest BCUT2D eigenvalue weighted by Gasteiger charge is -2.04. The van der Waals surface area contributed by atoms with Crippen molar-refractivity contribution in [1.29, 1.82) is 0 Å². The van der Waals surface area contributed by atoms with Crippen LogP contribution in [-0.2, 0) is 6.54 Å². The highest BCUT2D eigenvalue weighted by Crippen LogP contribution is 2.03. The number of benzene rings is 1. The lowest BCUT2D eigenvalue weighted by Crippen LogP contribution is -2.35. The van der Waals surface area contributed by atoms with Crippen LogP contribution in [0, 0.1) is 12.7 Å². The van der Waals surface area contributed by atoms with Crippen molar-refractivity contribution in [3.63, 3.8) is 0 Å². The Morgan fingerprint density at radius 3 is 2.58 bits per heavy atom. The Morgan fingerprint density at radius 2 is 1.95 bits per heavy atom. The van der Waals surface area contributed by atoms with Crippen molar-refractivity contribution in [1.82, 2.24) is 5.32 Å². The lowest BCUT2D eigenvalue weighted by atomic mass is 10.2. The van der Waals surface area contributed by atoms with Gasteiger partial charge in [0, 0.05) is 24.3 Å². The lowest BCUT2D eigenvalue weighted by molar-refractivity contribution is -0.908. The van der Waals surface area contributed by atoms with Crippen molar-refractivity contribution in [2.24, 2.45) is 0 Å². The first kappa shape index (κ1) is 13.0. The molecule has 4 nitrogen and oxygen atoms in total. The van der Waals surface area contributed by atoms with Crippen LogP contribution in [0.1, 0.15) is 21.6 Å². The van der Waals surface area contributed by atoms with Gasteiger partial charge in [0.2, 0.25) is 11.9 Å². The number of amides is 1. The fourth-order valence-electron chi connectivity index (χ4n) is 1.58. The summed E-state index contributed by atoms with van der Waals surface area (Å²) in [5.74, 6) is -0.609. The van der Waals surface area contributed by atoms with Gasteiger partial charge in [0.1, 0.15) is 11.4 Å². The Morgan fingerprint density at radius 1 is 1.26 bits per heavy atom. The second-order valence-corrected chi connectivity index (χ2v) is 4.21. The summed E-state index contributed by atoms with van der Waals surface area (Å²) in [5, 5.41) is 12.2. The topological polar surface area (TPSA) is 53.2 Å². The van der Waals surface area contributed by atoms with E-state index in [0.29, 0.717) is 17.8 Å². The van der Waals surface area contributed by atoms with E-state index < -0.39 is 0 Å². The minimum absolute atomic E-state index is 0.299. The van der Waals surface area contributed by atoms with E-state index in [0.717, 1.165) is 10.3 Å². The zero-order chi connectivity index (χ0) is 13.8. The molecule has 0 unspecified atom stereocenters. The second kappa shape index (κ2) is 5.48. The molecular formula is C14H14FN2O2+. The molecule has 1 aromatic carbocycles. The number of carbonyl (C=O) groups is 1.